The number of carbonyl (C=O) groups excluding carboxylic acids is 4. The zero-order chi connectivity index (χ0) is 21.0. The molecule has 0 unspecified atom stereocenters. The Morgan fingerprint density at radius 3 is 2.38 bits per heavy atom. The smallest absolute Gasteiger partial charge is 0.339 e. The van der Waals surface area contributed by atoms with E-state index in [0.29, 0.717) is 12.0 Å². The quantitative estimate of drug-likeness (QED) is 0.577. The molecule has 3 rings (SSSR count). The molecule has 29 heavy (non-hydrogen) atoms. The number of carbonyl (C=O) groups is 4. The summed E-state index contributed by atoms with van der Waals surface area (Å²) in [5.41, 5.74) is -0.142. The van der Waals surface area contributed by atoms with Gasteiger partial charge in [-0.3, -0.25) is 14.5 Å². The molecule has 0 aromatic heterocycles. The Bertz CT molecular complexity index is 960. The molecule has 150 valence electrons. The lowest BCUT2D eigenvalue weighted by Crippen LogP contribution is -2.44. The van der Waals surface area contributed by atoms with Gasteiger partial charge in [0.15, 0.2) is 0 Å². The van der Waals surface area contributed by atoms with Crippen molar-refractivity contribution in [3.05, 3.63) is 65.7 Å². The fourth-order valence-corrected chi connectivity index (χ4v) is 3.35. The van der Waals surface area contributed by atoms with Gasteiger partial charge in [0.1, 0.15) is 12.1 Å². The SMILES string of the molecule is CC[C@]1(c2ccccc2)NC(=O)N(CC(=O)Nc2ccccc2C(=O)OC)C1=O. The van der Waals surface area contributed by atoms with Gasteiger partial charge in [-0.1, -0.05) is 49.4 Å². The lowest BCUT2D eigenvalue weighted by Gasteiger charge is -2.25. The number of rotatable bonds is 6. The number of methoxy groups -OCH3 is 1. The normalized spacial score (nSPS) is 18.3. The Kier molecular flexibility index (Phi) is 5.63. The second-order valence-electron chi connectivity index (χ2n) is 6.53. The molecule has 2 aromatic carbocycles. The third-order valence-corrected chi connectivity index (χ3v) is 4.88. The molecule has 8 heteroatoms. The van der Waals surface area contributed by atoms with Gasteiger partial charge in [-0.25, -0.2) is 9.59 Å². The van der Waals surface area contributed by atoms with Crippen LogP contribution in [0.4, 0.5) is 10.5 Å². The van der Waals surface area contributed by atoms with Crippen molar-refractivity contribution in [2.45, 2.75) is 18.9 Å². The molecular formula is C21H21N3O5. The van der Waals surface area contributed by atoms with E-state index in [1.807, 2.05) is 6.07 Å². The summed E-state index contributed by atoms with van der Waals surface area (Å²) in [5, 5.41) is 5.29. The highest BCUT2D eigenvalue weighted by Gasteiger charge is 2.51. The number of anilines is 1. The van der Waals surface area contributed by atoms with E-state index in [9.17, 15) is 19.2 Å². The Hall–Kier alpha value is -3.68. The van der Waals surface area contributed by atoms with Crippen molar-refractivity contribution in [3.63, 3.8) is 0 Å². The lowest BCUT2D eigenvalue weighted by molar-refractivity contribution is -0.134. The standard InChI is InChI=1S/C21H21N3O5/c1-3-21(14-9-5-4-6-10-14)19(27)24(20(28)23-21)13-17(25)22-16-12-8-7-11-15(16)18(26)29-2/h4-12H,3,13H2,1-2H3,(H,22,25)(H,23,28)/t21-/m1/s1. The van der Waals surface area contributed by atoms with Gasteiger partial charge in [-0.05, 0) is 24.1 Å². The van der Waals surface area contributed by atoms with Gasteiger partial charge in [-0.15, -0.1) is 0 Å². The topological polar surface area (TPSA) is 105 Å². The Morgan fingerprint density at radius 2 is 1.72 bits per heavy atom. The monoisotopic (exact) mass is 395 g/mol. The van der Waals surface area contributed by atoms with Crippen molar-refractivity contribution in [3.8, 4) is 0 Å². The molecule has 8 nitrogen and oxygen atoms in total. The van der Waals surface area contributed by atoms with Crippen LogP contribution in [0, 0.1) is 0 Å². The molecule has 0 bridgehead atoms. The average molecular weight is 395 g/mol. The molecule has 0 saturated carbocycles. The van der Waals surface area contributed by atoms with E-state index < -0.39 is 35.9 Å². The number of imide groups is 1. The number of esters is 1. The molecule has 1 atom stereocenters. The minimum atomic E-state index is -1.21. The van der Waals surface area contributed by atoms with Crippen LogP contribution in [0.3, 0.4) is 0 Å². The Balaban J connectivity index is 1.79. The van der Waals surface area contributed by atoms with Crippen LogP contribution >= 0.6 is 0 Å². The number of para-hydroxylation sites is 1. The fraction of sp³-hybridized carbons (Fsp3) is 0.238. The van der Waals surface area contributed by atoms with Crippen LogP contribution in [-0.4, -0.2) is 42.4 Å². The van der Waals surface area contributed by atoms with E-state index in [0.717, 1.165) is 4.90 Å². The van der Waals surface area contributed by atoms with Crippen molar-refractivity contribution < 1.29 is 23.9 Å². The molecule has 1 saturated heterocycles. The fourth-order valence-electron chi connectivity index (χ4n) is 3.35. The summed E-state index contributed by atoms with van der Waals surface area (Å²) in [5.74, 6) is -1.71. The third kappa shape index (κ3) is 3.69. The summed E-state index contributed by atoms with van der Waals surface area (Å²) in [6.45, 7) is 1.32. The van der Waals surface area contributed by atoms with Crippen molar-refractivity contribution in [2.75, 3.05) is 19.0 Å². The highest BCUT2D eigenvalue weighted by molar-refractivity contribution is 6.11. The molecular weight excluding hydrogens is 374 g/mol. The van der Waals surface area contributed by atoms with Gasteiger partial charge in [0, 0.05) is 0 Å². The van der Waals surface area contributed by atoms with Gasteiger partial charge in [-0.2, -0.15) is 0 Å². The molecule has 2 aromatic rings. The summed E-state index contributed by atoms with van der Waals surface area (Å²) in [4.78, 5) is 50.8. The summed E-state index contributed by atoms with van der Waals surface area (Å²) in [6, 6.07) is 14.6. The number of urea groups is 1. The van der Waals surface area contributed by atoms with Gasteiger partial charge >= 0.3 is 12.0 Å². The van der Waals surface area contributed by atoms with Crippen molar-refractivity contribution >= 4 is 29.5 Å². The highest BCUT2D eigenvalue weighted by Crippen LogP contribution is 2.32. The largest absolute Gasteiger partial charge is 0.465 e. The third-order valence-electron chi connectivity index (χ3n) is 4.88. The van der Waals surface area contributed by atoms with Crippen molar-refractivity contribution in [1.29, 1.82) is 0 Å². The Morgan fingerprint density at radius 1 is 1.07 bits per heavy atom. The zero-order valence-electron chi connectivity index (χ0n) is 16.1. The number of hydrogen-bond donors (Lipinski definition) is 2. The highest BCUT2D eigenvalue weighted by atomic mass is 16.5. The maximum Gasteiger partial charge on any atom is 0.339 e. The Labute approximate surface area is 167 Å². The molecule has 1 heterocycles. The van der Waals surface area contributed by atoms with E-state index in [-0.39, 0.29) is 11.3 Å². The molecule has 0 aliphatic carbocycles. The summed E-state index contributed by atoms with van der Waals surface area (Å²) in [7, 11) is 1.24. The molecule has 0 spiro atoms. The first-order valence-electron chi connectivity index (χ1n) is 9.09. The number of nitrogens with one attached hydrogen (secondary N) is 2. The van der Waals surface area contributed by atoms with Crippen LogP contribution in [0.1, 0.15) is 29.3 Å². The summed E-state index contributed by atoms with van der Waals surface area (Å²) >= 11 is 0. The van der Waals surface area contributed by atoms with E-state index in [2.05, 4.69) is 10.6 Å². The predicted octanol–water partition coefficient (Wildman–Crippen LogP) is 2.27. The minimum absolute atomic E-state index is 0.174. The number of benzene rings is 2. The molecule has 1 aliphatic heterocycles. The molecule has 2 N–H and O–H groups in total. The van der Waals surface area contributed by atoms with E-state index in [4.69, 9.17) is 4.74 Å². The van der Waals surface area contributed by atoms with Crippen LogP contribution in [0.15, 0.2) is 54.6 Å². The second-order valence-corrected chi connectivity index (χ2v) is 6.53. The lowest BCUT2D eigenvalue weighted by atomic mass is 9.87. The number of ether oxygens (including phenoxy) is 1. The minimum Gasteiger partial charge on any atom is -0.465 e. The maximum atomic E-state index is 13.1. The van der Waals surface area contributed by atoms with E-state index >= 15 is 0 Å². The van der Waals surface area contributed by atoms with Gasteiger partial charge in [0.2, 0.25) is 5.91 Å². The van der Waals surface area contributed by atoms with Gasteiger partial charge in [0.25, 0.3) is 5.91 Å². The van der Waals surface area contributed by atoms with Crippen molar-refractivity contribution in [2.24, 2.45) is 0 Å². The van der Waals surface area contributed by atoms with E-state index in [1.54, 1.807) is 43.3 Å². The number of hydrogen-bond acceptors (Lipinski definition) is 5. The average Bonchev–Trinajstić information content (AvgIpc) is 2.99. The van der Waals surface area contributed by atoms with Crippen LogP contribution in [0.25, 0.3) is 0 Å². The first kappa shape index (κ1) is 20.1. The molecule has 1 aliphatic rings. The van der Waals surface area contributed by atoms with Crippen LogP contribution in [-0.2, 0) is 19.9 Å². The van der Waals surface area contributed by atoms with Gasteiger partial charge in [0.05, 0.1) is 18.4 Å². The zero-order valence-corrected chi connectivity index (χ0v) is 16.1. The summed E-state index contributed by atoms with van der Waals surface area (Å²) in [6.07, 6.45) is 0.338. The first-order chi connectivity index (χ1) is 13.9. The first-order valence-corrected chi connectivity index (χ1v) is 9.09. The number of nitrogens with zero attached hydrogens (tertiary/aromatic N) is 1. The second kappa shape index (κ2) is 8.14. The van der Waals surface area contributed by atoms with Crippen LogP contribution in [0.5, 0.6) is 0 Å². The number of amides is 4. The molecule has 1 fully saturated rings. The van der Waals surface area contributed by atoms with E-state index in [1.165, 1.54) is 19.2 Å². The van der Waals surface area contributed by atoms with Crippen LogP contribution < -0.4 is 10.6 Å². The van der Waals surface area contributed by atoms with Crippen molar-refractivity contribution in [1.82, 2.24) is 10.2 Å². The predicted molar refractivity (Wildman–Crippen MR) is 105 cm³/mol. The summed E-state index contributed by atoms with van der Waals surface area (Å²) < 4.78 is 4.70. The molecule has 0 radical (unpaired) electrons. The van der Waals surface area contributed by atoms with Gasteiger partial charge < -0.3 is 15.4 Å². The maximum absolute atomic E-state index is 13.1. The molecule has 4 amide bonds. The van der Waals surface area contributed by atoms with Crippen LogP contribution in [0.2, 0.25) is 0 Å².